The van der Waals surface area contributed by atoms with Crippen LogP contribution in [0.1, 0.15) is 54.5 Å². The first-order chi connectivity index (χ1) is 12.5. The Morgan fingerprint density at radius 1 is 1.23 bits per heavy atom. The number of amides is 2. The van der Waals surface area contributed by atoms with E-state index in [1.54, 1.807) is 0 Å². The molecular formula is C20H28N2O4. The predicted octanol–water partition coefficient (Wildman–Crippen LogP) is 2.53. The molecule has 3 saturated heterocycles. The van der Waals surface area contributed by atoms with Crippen molar-refractivity contribution in [2.24, 2.45) is 5.41 Å². The highest BCUT2D eigenvalue weighted by Crippen LogP contribution is 2.53. The first-order valence-electron chi connectivity index (χ1n) is 9.74. The lowest BCUT2D eigenvalue weighted by molar-refractivity contribution is -0.148. The summed E-state index contributed by atoms with van der Waals surface area (Å²) >= 11 is 0. The molecule has 1 aromatic heterocycles. The number of hydrogen-bond donors (Lipinski definition) is 0. The topological polar surface area (TPSA) is 63.0 Å². The smallest absolute Gasteiger partial charge is 0.257 e. The van der Waals surface area contributed by atoms with E-state index in [1.807, 2.05) is 29.7 Å². The summed E-state index contributed by atoms with van der Waals surface area (Å²) in [4.78, 5) is 30.6. The fourth-order valence-electron chi connectivity index (χ4n) is 5.31. The average Bonchev–Trinajstić information content (AvgIpc) is 3.32. The van der Waals surface area contributed by atoms with Gasteiger partial charge in [-0.3, -0.25) is 9.59 Å². The number of carbonyl (C=O) groups excluding carboxylic acids is 2. The first-order valence-corrected chi connectivity index (χ1v) is 9.74. The normalized spacial score (nSPS) is 30.9. The number of fused-ring (bicyclic) bond motifs is 2. The fourth-order valence-corrected chi connectivity index (χ4v) is 5.31. The van der Waals surface area contributed by atoms with Gasteiger partial charge in [0.25, 0.3) is 5.91 Å². The van der Waals surface area contributed by atoms with Crippen molar-refractivity contribution >= 4 is 11.8 Å². The Hall–Kier alpha value is -1.82. The molecule has 3 atom stereocenters. The van der Waals surface area contributed by atoms with Crippen LogP contribution in [0.3, 0.4) is 0 Å². The molecule has 0 unspecified atom stereocenters. The lowest BCUT2D eigenvalue weighted by atomic mass is 9.70. The van der Waals surface area contributed by atoms with Gasteiger partial charge in [-0.2, -0.15) is 0 Å². The van der Waals surface area contributed by atoms with Crippen molar-refractivity contribution in [2.45, 2.75) is 58.5 Å². The van der Waals surface area contributed by atoms with E-state index in [-0.39, 0.29) is 23.9 Å². The Bertz CT molecular complexity index is 721. The monoisotopic (exact) mass is 360 g/mol. The van der Waals surface area contributed by atoms with Gasteiger partial charge in [-0.15, -0.1) is 0 Å². The summed E-state index contributed by atoms with van der Waals surface area (Å²) in [6.45, 7) is 8.32. The summed E-state index contributed by atoms with van der Waals surface area (Å²) in [6.07, 6.45) is 3.46. The van der Waals surface area contributed by atoms with Gasteiger partial charge in [0.15, 0.2) is 0 Å². The molecule has 0 N–H and O–H groups in total. The summed E-state index contributed by atoms with van der Waals surface area (Å²) in [5.74, 6) is 1.66. The quantitative estimate of drug-likeness (QED) is 0.831. The second kappa shape index (κ2) is 6.41. The first kappa shape index (κ1) is 17.6. The highest BCUT2D eigenvalue weighted by molar-refractivity contribution is 5.97. The Morgan fingerprint density at radius 3 is 2.58 bits per heavy atom. The van der Waals surface area contributed by atoms with Crippen molar-refractivity contribution in [2.75, 3.05) is 26.3 Å². The SMILES string of the molecule is CC[C@@]1(C(=O)N2CCOCC2)C[C@@H]2CC[C@H]1N2C(=O)c1cc(C)oc1C. The molecule has 0 aromatic carbocycles. The van der Waals surface area contributed by atoms with Crippen molar-refractivity contribution in [1.82, 2.24) is 9.80 Å². The zero-order valence-corrected chi connectivity index (χ0v) is 15.9. The molecule has 3 aliphatic heterocycles. The summed E-state index contributed by atoms with van der Waals surface area (Å²) in [7, 11) is 0. The van der Waals surface area contributed by atoms with E-state index in [0.717, 1.165) is 31.4 Å². The van der Waals surface area contributed by atoms with E-state index < -0.39 is 5.41 Å². The molecule has 3 aliphatic rings. The van der Waals surface area contributed by atoms with Crippen LogP contribution in [-0.2, 0) is 9.53 Å². The maximum atomic E-state index is 13.4. The molecule has 6 nitrogen and oxygen atoms in total. The van der Waals surface area contributed by atoms with E-state index in [2.05, 4.69) is 6.92 Å². The Balaban J connectivity index is 1.63. The summed E-state index contributed by atoms with van der Waals surface area (Å²) in [5.41, 5.74) is 0.202. The van der Waals surface area contributed by atoms with Crippen LogP contribution in [0, 0.1) is 19.3 Å². The minimum Gasteiger partial charge on any atom is -0.466 e. The molecule has 6 heteroatoms. The fraction of sp³-hybridized carbons (Fsp3) is 0.700. The number of rotatable bonds is 3. The average molecular weight is 360 g/mol. The van der Waals surface area contributed by atoms with Gasteiger partial charge < -0.3 is 19.0 Å². The van der Waals surface area contributed by atoms with Crippen molar-refractivity contribution in [3.05, 3.63) is 23.2 Å². The molecular weight excluding hydrogens is 332 g/mol. The van der Waals surface area contributed by atoms with Crippen molar-refractivity contribution in [1.29, 1.82) is 0 Å². The van der Waals surface area contributed by atoms with E-state index in [0.29, 0.717) is 37.6 Å². The molecule has 2 amide bonds. The third-order valence-corrected chi connectivity index (χ3v) is 6.60. The van der Waals surface area contributed by atoms with Gasteiger partial charge >= 0.3 is 0 Å². The molecule has 1 aromatic rings. The maximum absolute atomic E-state index is 13.4. The van der Waals surface area contributed by atoms with Crippen LogP contribution < -0.4 is 0 Å². The standard InChI is InChI=1S/C20H28N2O4/c1-4-20(19(24)21-7-9-25-10-8-21)12-15-5-6-17(20)22(15)18(23)16-11-13(2)26-14(16)3/h11,15,17H,4-10,12H2,1-3H3/t15-,17+,20+/m0/s1. The number of furan rings is 1. The molecule has 26 heavy (non-hydrogen) atoms. The number of hydrogen-bond acceptors (Lipinski definition) is 4. The maximum Gasteiger partial charge on any atom is 0.257 e. The van der Waals surface area contributed by atoms with Gasteiger partial charge in [-0.1, -0.05) is 6.92 Å². The van der Waals surface area contributed by atoms with Crippen molar-refractivity contribution in [3.8, 4) is 0 Å². The molecule has 4 rings (SSSR count). The number of carbonyl (C=O) groups is 2. The lowest BCUT2D eigenvalue weighted by Gasteiger charge is -2.40. The van der Waals surface area contributed by atoms with Gasteiger partial charge in [0.05, 0.1) is 24.2 Å². The number of morpholine rings is 1. The molecule has 4 heterocycles. The third kappa shape index (κ3) is 2.49. The Kier molecular flexibility index (Phi) is 4.34. The van der Waals surface area contributed by atoms with Crippen LogP contribution in [0.15, 0.2) is 10.5 Å². The van der Waals surface area contributed by atoms with Crippen molar-refractivity contribution in [3.63, 3.8) is 0 Å². The highest BCUT2D eigenvalue weighted by atomic mass is 16.5. The highest BCUT2D eigenvalue weighted by Gasteiger charge is 2.61. The van der Waals surface area contributed by atoms with Crippen LogP contribution in [0.4, 0.5) is 0 Å². The molecule has 0 aliphatic carbocycles. The molecule has 2 bridgehead atoms. The number of aryl methyl sites for hydroxylation is 2. The summed E-state index contributed by atoms with van der Waals surface area (Å²) in [5, 5.41) is 0. The predicted molar refractivity (Wildman–Crippen MR) is 95.9 cm³/mol. The minimum atomic E-state index is -0.442. The van der Waals surface area contributed by atoms with Crippen LogP contribution in [0.5, 0.6) is 0 Å². The van der Waals surface area contributed by atoms with E-state index in [4.69, 9.17) is 9.15 Å². The number of ether oxygens (including phenoxy) is 1. The zero-order chi connectivity index (χ0) is 18.5. The van der Waals surface area contributed by atoms with Gasteiger partial charge in [-0.25, -0.2) is 0 Å². The van der Waals surface area contributed by atoms with Crippen LogP contribution in [-0.4, -0.2) is 60.0 Å². The third-order valence-electron chi connectivity index (χ3n) is 6.60. The van der Waals surface area contributed by atoms with E-state index in [1.165, 1.54) is 0 Å². The van der Waals surface area contributed by atoms with Crippen LogP contribution in [0.25, 0.3) is 0 Å². The Morgan fingerprint density at radius 2 is 1.96 bits per heavy atom. The Labute approximate surface area is 154 Å². The summed E-state index contributed by atoms with van der Waals surface area (Å²) < 4.78 is 11.0. The van der Waals surface area contributed by atoms with Crippen LogP contribution in [0.2, 0.25) is 0 Å². The molecule has 0 saturated carbocycles. The lowest BCUT2D eigenvalue weighted by Crippen LogP contribution is -2.53. The second-order valence-corrected chi connectivity index (χ2v) is 7.90. The van der Waals surface area contributed by atoms with Gasteiger partial charge in [-0.05, 0) is 45.6 Å². The molecule has 0 radical (unpaired) electrons. The number of nitrogens with zero attached hydrogens (tertiary/aromatic N) is 2. The zero-order valence-electron chi connectivity index (χ0n) is 15.9. The molecule has 0 spiro atoms. The molecule has 142 valence electrons. The van der Waals surface area contributed by atoms with Crippen LogP contribution >= 0.6 is 0 Å². The molecule has 3 fully saturated rings. The van der Waals surface area contributed by atoms with Gasteiger partial charge in [0.1, 0.15) is 11.5 Å². The van der Waals surface area contributed by atoms with Gasteiger partial charge in [0, 0.05) is 25.2 Å². The van der Waals surface area contributed by atoms with Gasteiger partial charge in [0.2, 0.25) is 5.91 Å². The van der Waals surface area contributed by atoms with Crippen molar-refractivity contribution < 1.29 is 18.7 Å². The van der Waals surface area contributed by atoms with E-state index in [9.17, 15) is 9.59 Å². The largest absolute Gasteiger partial charge is 0.466 e. The second-order valence-electron chi connectivity index (χ2n) is 7.90. The minimum absolute atomic E-state index is 0.00467. The summed E-state index contributed by atoms with van der Waals surface area (Å²) in [6, 6.07) is 1.98. The van der Waals surface area contributed by atoms with E-state index >= 15 is 0 Å².